The summed E-state index contributed by atoms with van der Waals surface area (Å²) in [6.07, 6.45) is 0. The van der Waals surface area contributed by atoms with Gasteiger partial charge in [-0.15, -0.1) is 0 Å². The molecule has 25 heavy (non-hydrogen) atoms. The highest BCUT2D eigenvalue weighted by atomic mass is 35.5. The van der Waals surface area contributed by atoms with E-state index in [1.807, 2.05) is 0 Å². The van der Waals surface area contributed by atoms with Gasteiger partial charge < -0.3 is 9.47 Å². The van der Waals surface area contributed by atoms with Crippen LogP contribution in [0.25, 0.3) is 0 Å². The van der Waals surface area contributed by atoms with Gasteiger partial charge in [-0.05, 0) is 24.3 Å². The molecular weight excluding hydrogens is 369 g/mol. The first kappa shape index (κ1) is 18.8. The molecule has 0 aromatic heterocycles. The van der Waals surface area contributed by atoms with E-state index in [0.717, 1.165) is 0 Å². The number of para-hydroxylation sites is 1. The maximum atomic E-state index is 12.1. The number of imide groups is 1. The molecule has 0 aliphatic heterocycles. The molecule has 0 atom stereocenters. The van der Waals surface area contributed by atoms with E-state index in [2.05, 4.69) is 5.32 Å². The van der Waals surface area contributed by atoms with Crippen molar-refractivity contribution in [3.05, 3.63) is 63.6 Å². The van der Waals surface area contributed by atoms with E-state index in [0.29, 0.717) is 5.75 Å². The highest BCUT2D eigenvalue weighted by molar-refractivity contribution is 6.39. The lowest BCUT2D eigenvalue weighted by molar-refractivity contribution is -0.123. The Kier molecular flexibility index (Phi) is 6.38. The molecule has 0 aliphatic rings. The molecule has 0 bridgehead atoms. The van der Waals surface area contributed by atoms with Gasteiger partial charge in [0.25, 0.3) is 11.8 Å². The normalized spacial score (nSPS) is 10.0. The van der Waals surface area contributed by atoms with Gasteiger partial charge in [-0.2, -0.15) is 0 Å². The van der Waals surface area contributed by atoms with Crippen LogP contribution in [-0.2, 0) is 9.53 Å². The lowest BCUT2D eigenvalue weighted by Gasteiger charge is -2.09. The number of carbonyl (C=O) groups is 3. The summed E-state index contributed by atoms with van der Waals surface area (Å²) in [5, 5.41) is 2.31. The smallest absolute Gasteiger partial charge is 0.341 e. The third-order valence-electron chi connectivity index (χ3n) is 3.11. The number of amides is 2. The molecule has 2 aromatic carbocycles. The number of ether oxygens (including phenoxy) is 2. The lowest BCUT2D eigenvalue weighted by atomic mass is 10.2. The van der Waals surface area contributed by atoms with Gasteiger partial charge in [0.05, 0.1) is 28.3 Å². The molecule has 2 aromatic rings. The van der Waals surface area contributed by atoms with Crippen LogP contribution in [0.1, 0.15) is 20.7 Å². The number of carbonyl (C=O) groups excluding carboxylic acids is 3. The van der Waals surface area contributed by atoms with Crippen molar-refractivity contribution in [2.45, 2.75) is 0 Å². The zero-order chi connectivity index (χ0) is 18.4. The summed E-state index contributed by atoms with van der Waals surface area (Å²) >= 11 is 11.8. The fraction of sp³-hybridized carbons (Fsp3) is 0.118. The zero-order valence-corrected chi connectivity index (χ0v) is 14.6. The Morgan fingerprint density at radius 2 is 1.64 bits per heavy atom. The van der Waals surface area contributed by atoms with Gasteiger partial charge in [0.15, 0.2) is 6.61 Å². The molecule has 130 valence electrons. The molecule has 0 spiro atoms. The van der Waals surface area contributed by atoms with E-state index in [9.17, 15) is 14.4 Å². The van der Waals surface area contributed by atoms with Crippen LogP contribution in [-0.4, -0.2) is 31.5 Å². The summed E-state index contributed by atoms with van der Waals surface area (Å²) < 4.78 is 9.89. The van der Waals surface area contributed by atoms with E-state index in [4.69, 9.17) is 32.7 Å². The number of nitrogens with one attached hydrogen (secondary N) is 1. The van der Waals surface area contributed by atoms with Crippen molar-refractivity contribution in [3.63, 3.8) is 0 Å². The van der Waals surface area contributed by atoms with Crippen LogP contribution in [0.2, 0.25) is 10.0 Å². The Morgan fingerprint density at radius 3 is 2.28 bits per heavy atom. The van der Waals surface area contributed by atoms with Crippen LogP contribution in [0.4, 0.5) is 0 Å². The van der Waals surface area contributed by atoms with Gasteiger partial charge in [0, 0.05) is 0 Å². The second kappa shape index (κ2) is 8.50. The number of benzene rings is 2. The second-order valence-corrected chi connectivity index (χ2v) is 5.56. The SMILES string of the molecule is COc1ccccc1C(=O)NC(=O)COC(=O)c1c(Cl)cccc1Cl. The minimum atomic E-state index is -0.865. The minimum Gasteiger partial charge on any atom is -0.496 e. The molecule has 0 heterocycles. The minimum absolute atomic E-state index is 0.0466. The first-order valence-corrected chi connectivity index (χ1v) is 7.78. The van der Waals surface area contributed by atoms with Gasteiger partial charge in [0.2, 0.25) is 0 Å². The second-order valence-electron chi connectivity index (χ2n) is 4.75. The summed E-state index contributed by atoms with van der Waals surface area (Å²) in [6, 6.07) is 10.9. The molecule has 0 saturated heterocycles. The van der Waals surface area contributed by atoms with Crippen molar-refractivity contribution in [1.82, 2.24) is 5.32 Å². The average Bonchev–Trinajstić information content (AvgIpc) is 2.59. The van der Waals surface area contributed by atoms with Crippen molar-refractivity contribution in [2.75, 3.05) is 13.7 Å². The maximum Gasteiger partial charge on any atom is 0.341 e. The third kappa shape index (κ3) is 4.71. The number of halogens is 2. The number of rotatable bonds is 5. The molecule has 6 nitrogen and oxygen atoms in total. The predicted octanol–water partition coefficient (Wildman–Crippen LogP) is 3.12. The van der Waals surface area contributed by atoms with E-state index in [-0.39, 0.29) is 21.2 Å². The van der Waals surface area contributed by atoms with Gasteiger partial charge in [-0.3, -0.25) is 14.9 Å². The first-order chi connectivity index (χ1) is 11.9. The van der Waals surface area contributed by atoms with E-state index in [1.54, 1.807) is 24.3 Å². The molecule has 8 heteroatoms. The van der Waals surface area contributed by atoms with Gasteiger partial charge in [0.1, 0.15) is 5.75 Å². The van der Waals surface area contributed by atoms with Crippen LogP contribution in [0, 0.1) is 0 Å². The number of hydrogen-bond acceptors (Lipinski definition) is 5. The zero-order valence-electron chi connectivity index (χ0n) is 13.0. The Morgan fingerprint density at radius 1 is 1.00 bits per heavy atom. The Hall–Kier alpha value is -2.57. The highest BCUT2D eigenvalue weighted by Crippen LogP contribution is 2.24. The molecule has 0 aliphatic carbocycles. The number of methoxy groups -OCH3 is 1. The molecule has 0 unspecified atom stereocenters. The van der Waals surface area contributed by atoms with Crippen molar-refractivity contribution >= 4 is 41.0 Å². The summed E-state index contributed by atoms with van der Waals surface area (Å²) in [6.45, 7) is -0.665. The molecule has 0 fully saturated rings. The molecule has 2 amide bonds. The molecular formula is C17H13Cl2NO5. The van der Waals surface area contributed by atoms with E-state index < -0.39 is 24.4 Å². The lowest BCUT2D eigenvalue weighted by Crippen LogP contribution is -2.34. The summed E-state index contributed by atoms with van der Waals surface area (Å²) in [5.41, 5.74) is 0.133. The third-order valence-corrected chi connectivity index (χ3v) is 3.74. The summed E-state index contributed by atoms with van der Waals surface area (Å²) in [7, 11) is 1.41. The quantitative estimate of drug-likeness (QED) is 0.804. The topological polar surface area (TPSA) is 81.7 Å². The standard InChI is InChI=1S/C17H13Cl2NO5/c1-24-13-8-3-2-5-10(13)16(22)20-14(21)9-25-17(23)15-11(18)6-4-7-12(15)19/h2-8H,9H2,1H3,(H,20,21,22). The Balaban J connectivity index is 1.97. The fourth-order valence-electron chi connectivity index (χ4n) is 1.96. The van der Waals surface area contributed by atoms with Crippen molar-refractivity contribution in [3.8, 4) is 5.75 Å². The Bertz CT molecular complexity index is 802. The van der Waals surface area contributed by atoms with Crippen LogP contribution in [0.3, 0.4) is 0 Å². The van der Waals surface area contributed by atoms with Crippen molar-refractivity contribution in [2.24, 2.45) is 0 Å². The predicted molar refractivity (Wildman–Crippen MR) is 92.2 cm³/mol. The number of hydrogen-bond donors (Lipinski definition) is 1. The van der Waals surface area contributed by atoms with Gasteiger partial charge in [-0.1, -0.05) is 41.4 Å². The van der Waals surface area contributed by atoms with Gasteiger partial charge in [-0.25, -0.2) is 4.79 Å². The maximum absolute atomic E-state index is 12.1. The fourth-order valence-corrected chi connectivity index (χ4v) is 2.51. The first-order valence-electron chi connectivity index (χ1n) is 7.02. The van der Waals surface area contributed by atoms with Crippen molar-refractivity contribution in [1.29, 1.82) is 0 Å². The van der Waals surface area contributed by atoms with Crippen LogP contribution < -0.4 is 10.1 Å². The van der Waals surface area contributed by atoms with Crippen LogP contribution in [0.15, 0.2) is 42.5 Å². The van der Waals surface area contributed by atoms with E-state index in [1.165, 1.54) is 25.3 Å². The van der Waals surface area contributed by atoms with Crippen molar-refractivity contribution < 1.29 is 23.9 Å². The molecule has 1 N–H and O–H groups in total. The molecule has 0 saturated carbocycles. The van der Waals surface area contributed by atoms with Crippen LogP contribution in [0.5, 0.6) is 5.75 Å². The Labute approximate surface area is 153 Å². The highest BCUT2D eigenvalue weighted by Gasteiger charge is 2.19. The largest absolute Gasteiger partial charge is 0.496 e. The molecule has 0 radical (unpaired) electrons. The number of esters is 1. The summed E-state index contributed by atoms with van der Waals surface area (Å²) in [5.74, 6) is -2.02. The van der Waals surface area contributed by atoms with Gasteiger partial charge >= 0.3 is 5.97 Å². The summed E-state index contributed by atoms with van der Waals surface area (Å²) in [4.78, 5) is 35.9. The van der Waals surface area contributed by atoms with Crippen LogP contribution >= 0.6 is 23.2 Å². The average molecular weight is 382 g/mol. The molecule has 2 rings (SSSR count). The van der Waals surface area contributed by atoms with E-state index >= 15 is 0 Å². The monoisotopic (exact) mass is 381 g/mol.